The molecule has 24 heavy (non-hydrogen) atoms. The number of halogens is 1. The molecule has 0 radical (unpaired) electrons. The molecule has 0 bridgehead atoms. The minimum absolute atomic E-state index is 0.00532. The van der Waals surface area contributed by atoms with E-state index in [1.165, 1.54) is 12.1 Å². The number of hydrogen-bond donors (Lipinski definition) is 2. The van der Waals surface area contributed by atoms with Crippen LogP contribution in [0.5, 0.6) is 0 Å². The summed E-state index contributed by atoms with van der Waals surface area (Å²) in [4.78, 5) is 22.8. The number of carbonyl (C=O) groups excluding carboxylic acids is 1. The van der Waals surface area contributed by atoms with Crippen molar-refractivity contribution in [2.75, 3.05) is 10.6 Å². The second-order valence-electron chi connectivity index (χ2n) is 5.02. The molecule has 6 nitrogen and oxygen atoms in total. The van der Waals surface area contributed by atoms with Gasteiger partial charge in [-0.1, -0.05) is 29.8 Å². The van der Waals surface area contributed by atoms with Crippen LogP contribution in [-0.4, -0.2) is 11.0 Å². The molecule has 0 aromatic heterocycles. The Labute approximate surface area is 142 Å². The summed E-state index contributed by atoms with van der Waals surface area (Å²) >= 11 is 5.80. The molecule has 0 heterocycles. The van der Waals surface area contributed by atoms with Crippen molar-refractivity contribution in [1.29, 1.82) is 0 Å². The van der Waals surface area contributed by atoms with Gasteiger partial charge in [-0.15, -0.1) is 0 Å². The van der Waals surface area contributed by atoms with Crippen LogP contribution in [0.25, 0.3) is 10.8 Å². The summed E-state index contributed by atoms with van der Waals surface area (Å²) in [7, 11) is 0. The highest BCUT2D eigenvalue weighted by atomic mass is 35.5. The lowest BCUT2D eigenvalue weighted by Crippen LogP contribution is -2.19. The minimum atomic E-state index is -0.448. The molecule has 7 heteroatoms. The Bertz CT molecular complexity index is 926. The van der Waals surface area contributed by atoms with Crippen molar-refractivity contribution in [3.8, 4) is 0 Å². The van der Waals surface area contributed by atoms with Gasteiger partial charge in [0.2, 0.25) is 0 Å². The van der Waals surface area contributed by atoms with E-state index in [-0.39, 0.29) is 5.69 Å². The fourth-order valence-electron chi connectivity index (χ4n) is 2.37. The van der Waals surface area contributed by atoms with Crippen molar-refractivity contribution in [2.24, 2.45) is 0 Å². The van der Waals surface area contributed by atoms with E-state index in [2.05, 4.69) is 10.6 Å². The smallest absolute Gasteiger partial charge is 0.308 e. The van der Waals surface area contributed by atoms with E-state index in [1.807, 2.05) is 0 Å². The van der Waals surface area contributed by atoms with Gasteiger partial charge in [-0.3, -0.25) is 10.1 Å². The van der Waals surface area contributed by atoms with Crippen LogP contribution in [0.2, 0.25) is 5.02 Å². The number of nitro benzene ring substituents is 1. The highest BCUT2D eigenvalue weighted by molar-refractivity contribution is 6.30. The number of amides is 2. The molecular weight excluding hydrogens is 330 g/mol. The first-order valence-electron chi connectivity index (χ1n) is 7.04. The van der Waals surface area contributed by atoms with Gasteiger partial charge in [0.1, 0.15) is 0 Å². The van der Waals surface area contributed by atoms with Crippen LogP contribution in [0.15, 0.2) is 60.7 Å². The van der Waals surface area contributed by atoms with Gasteiger partial charge >= 0.3 is 6.03 Å². The van der Waals surface area contributed by atoms with Gasteiger partial charge < -0.3 is 10.6 Å². The maximum Gasteiger partial charge on any atom is 0.323 e. The molecule has 2 amide bonds. The van der Waals surface area contributed by atoms with Gasteiger partial charge in [-0.25, -0.2) is 4.79 Å². The molecule has 3 aromatic carbocycles. The van der Waals surface area contributed by atoms with E-state index in [1.54, 1.807) is 48.5 Å². The lowest BCUT2D eigenvalue weighted by atomic mass is 10.1. The van der Waals surface area contributed by atoms with E-state index >= 15 is 0 Å². The Kier molecular flexibility index (Phi) is 4.31. The van der Waals surface area contributed by atoms with Gasteiger partial charge in [0.05, 0.1) is 16.0 Å². The van der Waals surface area contributed by atoms with Crippen molar-refractivity contribution in [1.82, 2.24) is 0 Å². The Morgan fingerprint density at radius 3 is 2.25 bits per heavy atom. The summed E-state index contributed by atoms with van der Waals surface area (Å²) in [5.41, 5.74) is 1.07. The van der Waals surface area contributed by atoms with Gasteiger partial charge in [0, 0.05) is 22.2 Å². The molecule has 2 N–H and O–H groups in total. The number of benzene rings is 3. The quantitative estimate of drug-likeness (QED) is 0.516. The Balaban J connectivity index is 1.87. The molecule has 0 aliphatic rings. The van der Waals surface area contributed by atoms with Crippen molar-refractivity contribution in [3.05, 3.63) is 75.8 Å². The molecule has 0 atom stereocenters. The second kappa shape index (κ2) is 6.55. The summed E-state index contributed by atoms with van der Waals surface area (Å²) in [5, 5.41) is 18.1. The first-order valence-corrected chi connectivity index (χ1v) is 7.42. The largest absolute Gasteiger partial charge is 0.323 e. The van der Waals surface area contributed by atoms with Crippen LogP contribution in [0.1, 0.15) is 0 Å². The van der Waals surface area contributed by atoms with Crippen LogP contribution in [-0.2, 0) is 0 Å². The Hall–Kier alpha value is -3.12. The lowest BCUT2D eigenvalue weighted by molar-refractivity contribution is -0.383. The molecule has 0 fully saturated rings. The summed E-state index contributed by atoms with van der Waals surface area (Å²) < 4.78 is 0. The van der Waals surface area contributed by atoms with E-state index < -0.39 is 11.0 Å². The van der Waals surface area contributed by atoms with Gasteiger partial charge in [-0.05, 0) is 36.4 Å². The van der Waals surface area contributed by atoms with E-state index in [0.717, 1.165) is 0 Å². The molecule has 0 saturated heterocycles. The predicted molar refractivity (Wildman–Crippen MR) is 94.7 cm³/mol. The number of anilines is 2. The average molecular weight is 342 g/mol. The molecule has 0 spiro atoms. The number of urea groups is 1. The normalized spacial score (nSPS) is 10.4. The van der Waals surface area contributed by atoms with Gasteiger partial charge in [-0.2, -0.15) is 0 Å². The van der Waals surface area contributed by atoms with Crippen molar-refractivity contribution < 1.29 is 9.72 Å². The Morgan fingerprint density at radius 1 is 0.917 bits per heavy atom. The molecule has 0 aliphatic heterocycles. The SMILES string of the molecule is O=C(Nc1ccc(Cl)cc1)Nc1ccc([N+](=O)[O-])c2ccccc12. The topological polar surface area (TPSA) is 84.3 Å². The van der Waals surface area contributed by atoms with Crippen LogP contribution in [0, 0.1) is 10.1 Å². The summed E-state index contributed by atoms with van der Waals surface area (Å²) in [6, 6.07) is 16.0. The van der Waals surface area contributed by atoms with Crippen molar-refractivity contribution in [2.45, 2.75) is 0 Å². The van der Waals surface area contributed by atoms with Crippen molar-refractivity contribution >= 4 is 45.5 Å². The minimum Gasteiger partial charge on any atom is -0.308 e. The predicted octanol–water partition coefficient (Wildman–Crippen LogP) is 5.05. The number of rotatable bonds is 3. The summed E-state index contributed by atoms with van der Waals surface area (Å²) in [5.74, 6) is 0. The van der Waals surface area contributed by atoms with E-state index in [4.69, 9.17) is 11.6 Å². The number of nitrogens with one attached hydrogen (secondary N) is 2. The fourth-order valence-corrected chi connectivity index (χ4v) is 2.50. The third kappa shape index (κ3) is 3.28. The third-order valence-electron chi connectivity index (χ3n) is 3.45. The molecule has 3 rings (SSSR count). The molecule has 0 unspecified atom stereocenters. The highest BCUT2D eigenvalue weighted by Gasteiger charge is 2.15. The zero-order valence-corrected chi connectivity index (χ0v) is 13.1. The monoisotopic (exact) mass is 341 g/mol. The zero-order chi connectivity index (χ0) is 17.1. The molecule has 0 aliphatic carbocycles. The molecule has 120 valence electrons. The zero-order valence-electron chi connectivity index (χ0n) is 12.3. The fraction of sp³-hybridized carbons (Fsp3) is 0. The average Bonchev–Trinajstić information content (AvgIpc) is 2.57. The van der Waals surface area contributed by atoms with Crippen LogP contribution >= 0.6 is 11.6 Å². The number of non-ortho nitro benzene ring substituents is 1. The maximum absolute atomic E-state index is 12.1. The van der Waals surface area contributed by atoms with E-state index in [0.29, 0.717) is 27.2 Å². The number of nitrogens with zero attached hydrogens (tertiary/aromatic N) is 1. The third-order valence-corrected chi connectivity index (χ3v) is 3.70. The van der Waals surface area contributed by atoms with Crippen LogP contribution < -0.4 is 10.6 Å². The number of nitro groups is 1. The lowest BCUT2D eigenvalue weighted by Gasteiger charge is -2.10. The molecule has 3 aromatic rings. The second-order valence-corrected chi connectivity index (χ2v) is 5.46. The first kappa shape index (κ1) is 15.8. The van der Waals surface area contributed by atoms with Crippen molar-refractivity contribution in [3.63, 3.8) is 0 Å². The summed E-state index contributed by atoms with van der Waals surface area (Å²) in [6.07, 6.45) is 0. The Morgan fingerprint density at radius 2 is 1.58 bits per heavy atom. The van der Waals surface area contributed by atoms with Gasteiger partial charge in [0.25, 0.3) is 5.69 Å². The van der Waals surface area contributed by atoms with Crippen LogP contribution in [0.3, 0.4) is 0 Å². The number of fused-ring (bicyclic) bond motifs is 1. The highest BCUT2D eigenvalue weighted by Crippen LogP contribution is 2.31. The van der Waals surface area contributed by atoms with Gasteiger partial charge in [0.15, 0.2) is 0 Å². The summed E-state index contributed by atoms with van der Waals surface area (Å²) in [6.45, 7) is 0. The number of carbonyl (C=O) groups is 1. The molecular formula is C17H12ClN3O3. The standard InChI is InChI=1S/C17H12ClN3O3/c18-11-5-7-12(8-6-11)19-17(22)20-15-9-10-16(21(23)24)14-4-2-1-3-13(14)15/h1-10H,(H2,19,20,22). The van der Waals surface area contributed by atoms with Crippen LogP contribution in [0.4, 0.5) is 21.9 Å². The maximum atomic E-state index is 12.1. The number of hydrogen-bond acceptors (Lipinski definition) is 3. The first-order chi connectivity index (χ1) is 11.5. The van der Waals surface area contributed by atoms with E-state index in [9.17, 15) is 14.9 Å². The molecule has 0 saturated carbocycles.